The Balaban J connectivity index is 2.54. The summed E-state index contributed by atoms with van der Waals surface area (Å²) in [6, 6.07) is 0. The Morgan fingerprint density at radius 1 is 1.55 bits per heavy atom. The number of aryl methyl sites for hydroxylation is 1. The largest absolute Gasteiger partial charge is 0.375 e. The number of rotatable bonds is 4. The van der Waals surface area contributed by atoms with Crippen LogP contribution in [0, 0.1) is 0 Å². The molecule has 0 N–H and O–H groups in total. The Bertz CT molecular complexity index is 208. The number of ether oxygens (including phenoxy) is 1. The van der Waals surface area contributed by atoms with Crippen molar-refractivity contribution in [1.29, 1.82) is 0 Å². The van der Waals surface area contributed by atoms with Gasteiger partial charge in [-0.1, -0.05) is 0 Å². The highest BCUT2D eigenvalue weighted by atomic mass is 16.5. The van der Waals surface area contributed by atoms with Crippen LogP contribution in [0.2, 0.25) is 0 Å². The molecule has 62 valence electrons. The van der Waals surface area contributed by atoms with Gasteiger partial charge in [0.15, 0.2) is 0 Å². The summed E-state index contributed by atoms with van der Waals surface area (Å²) in [7, 11) is 0. The zero-order valence-corrected chi connectivity index (χ0v) is 7.08. The van der Waals surface area contributed by atoms with Gasteiger partial charge in [0.05, 0.1) is 24.8 Å². The first-order chi connectivity index (χ1) is 5.38. The van der Waals surface area contributed by atoms with Gasteiger partial charge in [0.2, 0.25) is 0 Å². The maximum absolute atomic E-state index is 5.26. The summed E-state index contributed by atoms with van der Waals surface area (Å²) >= 11 is 0. The zero-order chi connectivity index (χ0) is 8.10. The maximum Gasteiger partial charge on any atom is 0.0948 e. The van der Waals surface area contributed by atoms with E-state index in [0.717, 1.165) is 18.8 Å². The molecule has 1 heterocycles. The Kier molecular flexibility index (Phi) is 3.11. The van der Waals surface area contributed by atoms with Crippen LogP contribution in [0.4, 0.5) is 0 Å². The van der Waals surface area contributed by atoms with E-state index in [0.29, 0.717) is 6.61 Å². The Morgan fingerprint density at radius 2 is 2.36 bits per heavy atom. The van der Waals surface area contributed by atoms with E-state index in [9.17, 15) is 0 Å². The molecule has 0 aromatic carbocycles. The molecule has 1 rings (SSSR count). The van der Waals surface area contributed by atoms with Crippen LogP contribution < -0.4 is 0 Å². The number of nitrogens with zero attached hydrogens (tertiary/aromatic N) is 2. The van der Waals surface area contributed by atoms with Crippen LogP contribution in [0.5, 0.6) is 0 Å². The minimum atomic E-state index is 0.671. The molecule has 0 bridgehead atoms. The Labute approximate surface area is 67.0 Å². The fraction of sp³-hybridized carbons (Fsp3) is 0.625. The average molecular weight is 154 g/mol. The van der Waals surface area contributed by atoms with Gasteiger partial charge >= 0.3 is 0 Å². The van der Waals surface area contributed by atoms with Gasteiger partial charge < -0.3 is 9.30 Å². The molecule has 3 heteroatoms. The summed E-state index contributed by atoms with van der Waals surface area (Å²) in [5, 5.41) is 0. The molecule has 0 atom stereocenters. The standard InChI is InChI=1S/C8H14N2O/c1-3-10-7-9-5-8(10)6-11-4-2/h5,7H,3-4,6H2,1-2H3. The predicted molar refractivity (Wildman–Crippen MR) is 43.2 cm³/mol. The molecule has 1 aromatic rings. The molecule has 0 saturated heterocycles. The highest BCUT2D eigenvalue weighted by Crippen LogP contribution is 2.00. The van der Waals surface area contributed by atoms with Crippen molar-refractivity contribution in [1.82, 2.24) is 9.55 Å². The fourth-order valence-corrected chi connectivity index (χ4v) is 0.960. The van der Waals surface area contributed by atoms with Crippen LogP contribution in [0.25, 0.3) is 0 Å². The number of aromatic nitrogens is 2. The van der Waals surface area contributed by atoms with E-state index in [1.165, 1.54) is 0 Å². The number of hydrogen-bond donors (Lipinski definition) is 0. The first-order valence-electron chi connectivity index (χ1n) is 3.95. The van der Waals surface area contributed by atoms with Crippen molar-refractivity contribution in [3.8, 4) is 0 Å². The molecule has 0 fully saturated rings. The molecule has 0 aliphatic rings. The molecule has 0 unspecified atom stereocenters. The predicted octanol–water partition coefficient (Wildman–Crippen LogP) is 1.44. The second kappa shape index (κ2) is 4.13. The Hall–Kier alpha value is -0.830. The van der Waals surface area contributed by atoms with Crippen LogP contribution in [0.1, 0.15) is 19.5 Å². The van der Waals surface area contributed by atoms with Crippen molar-refractivity contribution < 1.29 is 4.74 Å². The highest BCUT2D eigenvalue weighted by molar-refractivity contribution is 4.95. The van der Waals surface area contributed by atoms with Crippen LogP contribution >= 0.6 is 0 Å². The SMILES string of the molecule is CCOCc1cncn1CC. The summed E-state index contributed by atoms with van der Waals surface area (Å²) in [5.74, 6) is 0. The summed E-state index contributed by atoms with van der Waals surface area (Å²) in [6.45, 7) is 6.48. The van der Waals surface area contributed by atoms with Gasteiger partial charge in [-0.15, -0.1) is 0 Å². The molecular weight excluding hydrogens is 140 g/mol. The maximum atomic E-state index is 5.26. The molecule has 0 amide bonds. The van der Waals surface area contributed by atoms with Crippen LogP contribution in [0.3, 0.4) is 0 Å². The molecule has 0 radical (unpaired) electrons. The minimum Gasteiger partial charge on any atom is -0.375 e. The molecule has 11 heavy (non-hydrogen) atoms. The van der Waals surface area contributed by atoms with Crippen molar-refractivity contribution in [3.63, 3.8) is 0 Å². The lowest BCUT2D eigenvalue weighted by Crippen LogP contribution is -2.01. The average Bonchev–Trinajstić information content (AvgIpc) is 2.47. The van der Waals surface area contributed by atoms with Crippen molar-refractivity contribution >= 4 is 0 Å². The van der Waals surface area contributed by atoms with Crippen molar-refractivity contribution in [2.24, 2.45) is 0 Å². The third-order valence-electron chi connectivity index (χ3n) is 1.59. The number of imidazole rings is 1. The molecule has 3 nitrogen and oxygen atoms in total. The third-order valence-corrected chi connectivity index (χ3v) is 1.59. The first kappa shape index (κ1) is 8.27. The summed E-state index contributed by atoms with van der Waals surface area (Å²) < 4.78 is 7.34. The van der Waals surface area contributed by atoms with Gasteiger partial charge in [-0.2, -0.15) is 0 Å². The van der Waals surface area contributed by atoms with Crippen LogP contribution in [-0.2, 0) is 17.9 Å². The number of hydrogen-bond acceptors (Lipinski definition) is 2. The molecular formula is C8H14N2O. The van der Waals surface area contributed by atoms with Crippen LogP contribution in [0.15, 0.2) is 12.5 Å². The third kappa shape index (κ3) is 2.05. The normalized spacial score (nSPS) is 10.4. The van der Waals surface area contributed by atoms with Gasteiger partial charge in [-0.05, 0) is 13.8 Å². The molecule has 0 aliphatic heterocycles. The van der Waals surface area contributed by atoms with Gasteiger partial charge in [-0.25, -0.2) is 4.98 Å². The van der Waals surface area contributed by atoms with E-state index >= 15 is 0 Å². The first-order valence-corrected chi connectivity index (χ1v) is 3.95. The van der Waals surface area contributed by atoms with Gasteiger partial charge in [0.1, 0.15) is 0 Å². The Morgan fingerprint density at radius 3 is 3.00 bits per heavy atom. The molecule has 0 saturated carbocycles. The summed E-state index contributed by atoms with van der Waals surface area (Å²) in [5.41, 5.74) is 1.15. The minimum absolute atomic E-state index is 0.671. The monoisotopic (exact) mass is 154 g/mol. The van der Waals surface area contributed by atoms with Crippen molar-refractivity contribution in [2.45, 2.75) is 27.0 Å². The van der Waals surface area contributed by atoms with Crippen LogP contribution in [-0.4, -0.2) is 16.2 Å². The topological polar surface area (TPSA) is 27.1 Å². The van der Waals surface area contributed by atoms with E-state index in [4.69, 9.17) is 4.74 Å². The quantitative estimate of drug-likeness (QED) is 0.656. The lowest BCUT2D eigenvalue weighted by atomic mass is 10.5. The van der Waals surface area contributed by atoms with Gasteiger partial charge in [0.25, 0.3) is 0 Å². The van der Waals surface area contributed by atoms with Crippen molar-refractivity contribution in [2.75, 3.05) is 6.61 Å². The zero-order valence-electron chi connectivity index (χ0n) is 7.08. The summed E-state index contributed by atoms with van der Waals surface area (Å²) in [6.07, 6.45) is 3.67. The molecule has 0 spiro atoms. The molecule has 1 aromatic heterocycles. The van der Waals surface area contributed by atoms with E-state index in [-0.39, 0.29) is 0 Å². The van der Waals surface area contributed by atoms with E-state index in [1.807, 2.05) is 19.4 Å². The second-order valence-corrected chi connectivity index (χ2v) is 2.31. The second-order valence-electron chi connectivity index (χ2n) is 2.31. The van der Waals surface area contributed by atoms with E-state index in [2.05, 4.69) is 16.5 Å². The van der Waals surface area contributed by atoms with E-state index < -0.39 is 0 Å². The fourth-order valence-electron chi connectivity index (χ4n) is 0.960. The highest BCUT2D eigenvalue weighted by Gasteiger charge is 1.97. The van der Waals surface area contributed by atoms with Gasteiger partial charge in [0, 0.05) is 13.2 Å². The lowest BCUT2D eigenvalue weighted by Gasteiger charge is -2.03. The van der Waals surface area contributed by atoms with Gasteiger partial charge in [-0.3, -0.25) is 0 Å². The van der Waals surface area contributed by atoms with Crippen molar-refractivity contribution in [3.05, 3.63) is 18.2 Å². The van der Waals surface area contributed by atoms with E-state index in [1.54, 1.807) is 0 Å². The summed E-state index contributed by atoms with van der Waals surface area (Å²) in [4.78, 5) is 4.03. The lowest BCUT2D eigenvalue weighted by molar-refractivity contribution is 0.128. The smallest absolute Gasteiger partial charge is 0.0948 e. The molecule has 0 aliphatic carbocycles.